The van der Waals surface area contributed by atoms with Gasteiger partial charge in [-0.1, -0.05) is 58.0 Å². The molecule has 1 heterocycles. The molecule has 0 bridgehead atoms. The first kappa shape index (κ1) is 23.5. The second-order valence-electron chi connectivity index (χ2n) is 8.29. The van der Waals surface area contributed by atoms with Crippen molar-refractivity contribution < 1.29 is 14.6 Å². The minimum atomic E-state index is -0.809. The number of benzene rings is 1. The van der Waals surface area contributed by atoms with Gasteiger partial charge in [0, 0.05) is 24.8 Å². The first-order valence-electron chi connectivity index (χ1n) is 10.4. The fraction of sp³-hybridized carbons (Fsp3) is 0.455. The van der Waals surface area contributed by atoms with Crippen LogP contribution in [-0.2, 0) is 11.2 Å². The van der Waals surface area contributed by atoms with Gasteiger partial charge in [-0.25, -0.2) is 4.98 Å². The largest absolute Gasteiger partial charge is 0.448 e. The Morgan fingerprint density at radius 1 is 1.07 bits per heavy atom. The molecule has 160 valence electrons. The van der Waals surface area contributed by atoms with Crippen molar-refractivity contribution >= 4 is 18.7 Å². The summed E-state index contributed by atoms with van der Waals surface area (Å²) < 4.78 is 0. The molecule has 0 saturated heterocycles. The van der Waals surface area contributed by atoms with Crippen LogP contribution in [0.2, 0.25) is 5.82 Å². The van der Waals surface area contributed by atoms with Crippen LogP contribution >= 0.6 is 0 Å². The summed E-state index contributed by atoms with van der Waals surface area (Å²) in [6.45, 7) is 7.25. The lowest BCUT2D eigenvalue weighted by Gasteiger charge is -2.28. The van der Waals surface area contributed by atoms with E-state index in [0.717, 1.165) is 5.56 Å². The van der Waals surface area contributed by atoms with Crippen LogP contribution in [-0.4, -0.2) is 45.7 Å². The maximum Gasteiger partial charge on any atom is 0.314 e. The first-order valence-corrected chi connectivity index (χ1v) is 10.4. The van der Waals surface area contributed by atoms with Crippen molar-refractivity contribution in [1.82, 2.24) is 20.6 Å². The molecule has 2 rings (SSSR count). The highest BCUT2D eigenvalue weighted by Crippen LogP contribution is 2.15. The maximum absolute atomic E-state index is 13.2. The Kier molecular flexibility index (Phi) is 8.99. The Balaban J connectivity index is 2.20. The SMILES string of the molecule is CC(C)C[C@H](NC(=O)[C@H](Cc1ccccc1)NC(=O)c1cnccn1)B(O)C(C)C. The average molecular weight is 410 g/mol. The van der Waals surface area contributed by atoms with Gasteiger partial charge in [-0.3, -0.25) is 14.6 Å². The van der Waals surface area contributed by atoms with E-state index >= 15 is 0 Å². The van der Waals surface area contributed by atoms with Crippen LogP contribution in [0.15, 0.2) is 48.9 Å². The summed E-state index contributed by atoms with van der Waals surface area (Å²) in [6.07, 6.45) is 5.23. The van der Waals surface area contributed by atoms with Crippen molar-refractivity contribution in [2.24, 2.45) is 5.92 Å². The topological polar surface area (TPSA) is 104 Å². The van der Waals surface area contributed by atoms with Crippen LogP contribution in [0.3, 0.4) is 0 Å². The number of carbonyl (C=O) groups is 2. The summed E-state index contributed by atoms with van der Waals surface area (Å²) >= 11 is 0. The first-order chi connectivity index (χ1) is 14.3. The summed E-state index contributed by atoms with van der Waals surface area (Å²) in [7, 11) is 0. The Labute approximate surface area is 178 Å². The van der Waals surface area contributed by atoms with Gasteiger partial charge in [0.15, 0.2) is 0 Å². The minimum absolute atomic E-state index is 0.00388. The number of rotatable bonds is 10. The number of hydrogen-bond acceptors (Lipinski definition) is 5. The molecule has 0 aliphatic heterocycles. The van der Waals surface area contributed by atoms with Crippen LogP contribution < -0.4 is 10.6 Å². The highest BCUT2D eigenvalue weighted by Gasteiger charge is 2.32. The van der Waals surface area contributed by atoms with Crippen LogP contribution in [0.1, 0.15) is 50.2 Å². The standard InChI is InChI=1S/C22H31BN4O3/c1-15(2)12-20(23(30)16(3)4)27-21(28)18(13-17-8-6-5-7-9-17)26-22(29)19-14-24-10-11-25-19/h5-11,14-16,18,20,30H,12-13H2,1-4H3,(H,26,29)(H,27,28)/t18-,20-/m0/s1. The fourth-order valence-electron chi connectivity index (χ4n) is 3.25. The predicted octanol–water partition coefficient (Wildman–Crippen LogP) is 2.28. The Hall–Kier alpha value is -2.74. The maximum atomic E-state index is 13.2. The van der Waals surface area contributed by atoms with Gasteiger partial charge in [0.25, 0.3) is 5.91 Å². The molecule has 0 unspecified atom stereocenters. The lowest BCUT2D eigenvalue weighted by molar-refractivity contribution is -0.123. The molecule has 2 atom stereocenters. The highest BCUT2D eigenvalue weighted by atomic mass is 16.2. The van der Waals surface area contributed by atoms with Gasteiger partial charge in [-0.05, 0) is 23.7 Å². The molecule has 1 aromatic carbocycles. The normalized spacial score (nSPS) is 13.0. The van der Waals surface area contributed by atoms with Crippen LogP contribution in [0, 0.1) is 5.92 Å². The fourth-order valence-corrected chi connectivity index (χ4v) is 3.25. The summed E-state index contributed by atoms with van der Waals surface area (Å²) in [6, 6.07) is 8.68. The molecule has 0 aliphatic carbocycles. The number of nitrogens with one attached hydrogen (secondary N) is 2. The van der Waals surface area contributed by atoms with E-state index in [9.17, 15) is 14.6 Å². The molecule has 0 aliphatic rings. The van der Waals surface area contributed by atoms with E-state index in [1.54, 1.807) is 0 Å². The molecular formula is C22H31BN4O3. The van der Waals surface area contributed by atoms with Crippen molar-refractivity contribution in [3.8, 4) is 0 Å². The van der Waals surface area contributed by atoms with Gasteiger partial charge in [0.2, 0.25) is 5.91 Å². The van der Waals surface area contributed by atoms with Gasteiger partial charge in [0.05, 0.1) is 6.20 Å². The Morgan fingerprint density at radius 2 is 1.77 bits per heavy atom. The Morgan fingerprint density at radius 3 is 2.33 bits per heavy atom. The van der Waals surface area contributed by atoms with E-state index in [1.807, 2.05) is 58.0 Å². The Bertz CT molecular complexity index is 803. The number of nitrogens with zero attached hydrogens (tertiary/aromatic N) is 2. The highest BCUT2D eigenvalue weighted by molar-refractivity contribution is 6.54. The third kappa shape index (κ3) is 7.26. The van der Waals surface area contributed by atoms with Gasteiger partial charge < -0.3 is 15.7 Å². The van der Waals surface area contributed by atoms with Gasteiger partial charge in [-0.2, -0.15) is 0 Å². The average Bonchev–Trinajstić information content (AvgIpc) is 2.73. The van der Waals surface area contributed by atoms with E-state index in [0.29, 0.717) is 18.8 Å². The summed E-state index contributed by atoms with van der Waals surface area (Å²) in [4.78, 5) is 33.7. The lowest BCUT2D eigenvalue weighted by atomic mass is 9.50. The van der Waals surface area contributed by atoms with Crippen molar-refractivity contribution in [2.75, 3.05) is 0 Å². The van der Waals surface area contributed by atoms with E-state index < -0.39 is 24.8 Å². The van der Waals surface area contributed by atoms with E-state index in [2.05, 4.69) is 20.6 Å². The minimum Gasteiger partial charge on any atom is -0.448 e. The molecule has 3 N–H and O–H groups in total. The molecule has 8 heteroatoms. The van der Waals surface area contributed by atoms with Crippen molar-refractivity contribution in [3.63, 3.8) is 0 Å². The van der Waals surface area contributed by atoms with E-state index in [-0.39, 0.29) is 17.4 Å². The summed E-state index contributed by atoms with van der Waals surface area (Å²) in [5.74, 6) is -0.907. The zero-order valence-corrected chi connectivity index (χ0v) is 18.1. The molecule has 0 saturated carbocycles. The molecule has 0 fully saturated rings. The van der Waals surface area contributed by atoms with Gasteiger partial charge >= 0.3 is 6.92 Å². The molecule has 2 amide bonds. The van der Waals surface area contributed by atoms with E-state index in [1.165, 1.54) is 18.6 Å². The number of aromatic nitrogens is 2. The second-order valence-corrected chi connectivity index (χ2v) is 8.29. The quantitative estimate of drug-likeness (QED) is 0.522. The van der Waals surface area contributed by atoms with Crippen LogP contribution in [0.4, 0.5) is 0 Å². The molecule has 0 spiro atoms. The third-order valence-electron chi connectivity index (χ3n) is 4.85. The lowest BCUT2D eigenvalue weighted by Crippen LogP contribution is -2.55. The zero-order chi connectivity index (χ0) is 22.1. The van der Waals surface area contributed by atoms with Crippen LogP contribution in [0.25, 0.3) is 0 Å². The molecule has 2 aromatic rings. The number of amides is 2. The molecule has 1 aromatic heterocycles. The summed E-state index contributed by atoms with van der Waals surface area (Å²) in [5, 5.41) is 16.3. The van der Waals surface area contributed by atoms with Gasteiger partial charge in [0.1, 0.15) is 11.7 Å². The molecule has 30 heavy (non-hydrogen) atoms. The summed E-state index contributed by atoms with van der Waals surface area (Å²) in [5.41, 5.74) is 1.06. The molecular weight excluding hydrogens is 379 g/mol. The van der Waals surface area contributed by atoms with Crippen molar-refractivity contribution in [1.29, 1.82) is 0 Å². The zero-order valence-electron chi connectivity index (χ0n) is 18.1. The monoisotopic (exact) mass is 410 g/mol. The smallest absolute Gasteiger partial charge is 0.314 e. The second kappa shape index (κ2) is 11.5. The van der Waals surface area contributed by atoms with Crippen molar-refractivity contribution in [2.45, 2.75) is 58.3 Å². The number of hydrogen-bond donors (Lipinski definition) is 3. The van der Waals surface area contributed by atoms with Gasteiger partial charge in [-0.15, -0.1) is 0 Å². The molecule has 0 radical (unpaired) electrons. The predicted molar refractivity (Wildman–Crippen MR) is 118 cm³/mol. The van der Waals surface area contributed by atoms with Crippen LogP contribution in [0.5, 0.6) is 0 Å². The molecule has 7 nitrogen and oxygen atoms in total. The van der Waals surface area contributed by atoms with Crippen molar-refractivity contribution in [3.05, 3.63) is 60.2 Å². The van der Waals surface area contributed by atoms with E-state index in [4.69, 9.17) is 0 Å². The third-order valence-corrected chi connectivity index (χ3v) is 4.85. The number of carbonyl (C=O) groups excluding carboxylic acids is 2.